The zero-order chi connectivity index (χ0) is 14.0. The monoisotopic (exact) mass is 268 g/mol. The van der Waals surface area contributed by atoms with Crippen molar-refractivity contribution in [3.05, 3.63) is 35.4 Å². The molecule has 3 N–H and O–H groups in total. The molecule has 3 atom stereocenters. The summed E-state index contributed by atoms with van der Waals surface area (Å²) in [5.74, 6) is -1.77. The molecule has 0 aromatic heterocycles. The van der Waals surface area contributed by atoms with Crippen molar-refractivity contribution in [1.29, 1.82) is 0 Å². The molecule has 0 aliphatic heterocycles. The van der Waals surface area contributed by atoms with Gasteiger partial charge in [0.1, 0.15) is 11.6 Å². The van der Waals surface area contributed by atoms with Gasteiger partial charge < -0.3 is 11.1 Å². The summed E-state index contributed by atoms with van der Waals surface area (Å²) in [6, 6.07) is 2.81. The van der Waals surface area contributed by atoms with Gasteiger partial charge in [0, 0.05) is 11.6 Å². The van der Waals surface area contributed by atoms with Crippen LogP contribution < -0.4 is 11.1 Å². The Labute approximate surface area is 111 Å². The lowest BCUT2D eigenvalue weighted by Gasteiger charge is -2.20. The van der Waals surface area contributed by atoms with Crippen molar-refractivity contribution < 1.29 is 13.6 Å². The van der Waals surface area contributed by atoms with Crippen molar-refractivity contribution in [2.24, 2.45) is 11.7 Å². The fourth-order valence-corrected chi connectivity index (χ4v) is 2.63. The summed E-state index contributed by atoms with van der Waals surface area (Å²) >= 11 is 0. The van der Waals surface area contributed by atoms with E-state index in [9.17, 15) is 13.6 Å². The minimum Gasteiger partial charge on any atom is -0.349 e. The molecule has 19 heavy (non-hydrogen) atoms. The summed E-state index contributed by atoms with van der Waals surface area (Å²) in [6.07, 6.45) is 2.47. The second-order valence-electron chi connectivity index (χ2n) is 5.07. The molecule has 3 unspecified atom stereocenters. The Morgan fingerprint density at radius 3 is 2.53 bits per heavy atom. The third-order valence-electron chi connectivity index (χ3n) is 3.70. The fourth-order valence-electron chi connectivity index (χ4n) is 2.63. The molecule has 0 spiro atoms. The number of benzene rings is 1. The van der Waals surface area contributed by atoms with E-state index < -0.39 is 17.7 Å². The Kier molecular flexibility index (Phi) is 4.14. The standard InChI is InChI=1S/C14H18F2N2O/c1-8(13-10(15)5-3-6-11(13)16)18-14(19)9-4-2-7-12(9)17/h3,5-6,8-9,12H,2,4,7,17H2,1H3,(H,18,19). The first-order chi connectivity index (χ1) is 9.00. The molecule has 1 saturated carbocycles. The van der Waals surface area contributed by atoms with E-state index >= 15 is 0 Å². The second-order valence-corrected chi connectivity index (χ2v) is 5.07. The third-order valence-corrected chi connectivity index (χ3v) is 3.70. The topological polar surface area (TPSA) is 55.1 Å². The quantitative estimate of drug-likeness (QED) is 0.883. The minimum absolute atomic E-state index is 0.109. The number of carbonyl (C=O) groups excluding carboxylic acids is 1. The van der Waals surface area contributed by atoms with Crippen molar-refractivity contribution in [2.75, 3.05) is 0 Å². The number of hydrogen-bond acceptors (Lipinski definition) is 2. The van der Waals surface area contributed by atoms with Crippen molar-refractivity contribution in [3.63, 3.8) is 0 Å². The van der Waals surface area contributed by atoms with Gasteiger partial charge in [0.05, 0.1) is 12.0 Å². The highest BCUT2D eigenvalue weighted by Gasteiger charge is 2.31. The molecule has 0 heterocycles. The smallest absolute Gasteiger partial charge is 0.225 e. The molecule has 2 rings (SSSR count). The first-order valence-corrected chi connectivity index (χ1v) is 6.50. The molecule has 1 aromatic carbocycles. The van der Waals surface area contributed by atoms with Crippen LogP contribution in [0.25, 0.3) is 0 Å². The number of hydrogen-bond donors (Lipinski definition) is 2. The van der Waals surface area contributed by atoms with Crippen LogP contribution in [0.4, 0.5) is 8.78 Å². The molecule has 1 aliphatic carbocycles. The van der Waals surface area contributed by atoms with Gasteiger partial charge in [0.25, 0.3) is 0 Å². The summed E-state index contributed by atoms with van der Waals surface area (Å²) in [5.41, 5.74) is 5.74. The van der Waals surface area contributed by atoms with Crippen LogP contribution >= 0.6 is 0 Å². The summed E-state index contributed by atoms with van der Waals surface area (Å²) in [7, 11) is 0. The van der Waals surface area contributed by atoms with E-state index in [-0.39, 0.29) is 23.4 Å². The molecule has 1 aromatic rings. The van der Waals surface area contributed by atoms with Crippen molar-refractivity contribution >= 4 is 5.91 Å². The number of halogens is 2. The van der Waals surface area contributed by atoms with Crippen LogP contribution in [0.2, 0.25) is 0 Å². The first-order valence-electron chi connectivity index (χ1n) is 6.50. The summed E-state index contributed by atoms with van der Waals surface area (Å²) in [6.45, 7) is 1.57. The van der Waals surface area contributed by atoms with Gasteiger partial charge >= 0.3 is 0 Å². The predicted octanol–water partition coefficient (Wildman–Crippen LogP) is 2.27. The lowest BCUT2D eigenvalue weighted by atomic mass is 10.0. The molecular formula is C14H18F2N2O. The van der Waals surface area contributed by atoms with E-state index in [2.05, 4.69) is 5.32 Å². The molecule has 5 heteroatoms. The minimum atomic E-state index is -0.707. The van der Waals surface area contributed by atoms with E-state index in [0.29, 0.717) is 0 Å². The van der Waals surface area contributed by atoms with E-state index in [0.717, 1.165) is 19.3 Å². The first kappa shape index (κ1) is 13.9. The molecule has 3 nitrogen and oxygen atoms in total. The van der Waals surface area contributed by atoms with Gasteiger partial charge in [-0.05, 0) is 31.9 Å². The molecule has 1 amide bonds. The van der Waals surface area contributed by atoms with Crippen LogP contribution in [-0.4, -0.2) is 11.9 Å². The molecule has 104 valence electrons. The number of nitrogens with two attached hydrogens (primary N) is 1. The highest BCUT2D eigenvalue weighted by atomic mass is 19.1. The maximum Gasteiger partial charge on any atom is 0.225 e. The maximum absolute atomic E-state index is 13.6. The molecule has 1 fully saturated rings. The Morgan fingerprint density at radius 2 is 2.00 bits per heavy atom. The van der Waals surface area contributed by atoms with Gasteiger partial charge in [-0.3, -0.25) is 4.79 Å². The van der Waals surface area contributed by atoms with Crippen molar-refractivity contribution in [1.82, 2.24) is 5.32 Å². The van der Waals surface area contributed by atoms with Crippen molar-refractivity contribution in [3.8, 4) is 0 Å². The third kappa shape index (κ3) is 2.92. The molecule has 0 radical (unpaired) electrons. The lowest BCUT2D eigenvalue weighted by molar-refractivity contribution is -0.125. The van der Waals surface area contributed by atoms with E-state index in [1.165, 1.54) is 18.2 Å². The second kappa shape index (κ2) is 5.65. The van der Waals surface area contributed by atoms with Crippen LogP contribution in [0, 0.1) is 17.6 Å². The maximum atomic E-state index is 13.6. The Bertz CT molecular complexity index is 458. The van der Waals surface area contributed by atoms with Gasteiger partial charge in [0.2, 0.25) is 5.91 Å². The Balaban J connectivity index is 2.08. The van der Waals surface area contributed by atoms with Gasteiger partial charge in [-0.25, -0.2) is 8.78 Å². The molecule has 0 saturated heterocycles. The largest absolute Gasteiger partial charge is 0.349 e. The average molecular weight is 268 g/mol. The van der Waals surface area contributed by atoms with Crippen LogP contribution in [0.1, 0.15) is 37.8 Å². The normalized spacial score (nSPS) is 24.2. The number of carbonyl (C=O) groups is 1. The van der Waals surface area contributed by atoms with Gasteiger partial charge in [-0.15, -0.1) is 0 Å². The van der Waals surface area contributed by atoms with Crippen LogP contribution in [0.3, 0.4) is 0 Å². The summed E-state index contributed by atoms with van der Waals surface area (Å²) in [4.78, 5) is 12.0. The van der Waals surface area contributed by atoms with Gasteiger partial charge in [0.15, 0.2) is 0 Å². The zero-order valence-electron chi connectivity index (χ0n) is 10.8. The van der Waals surface area contributed by atoms with Crippen molar-refractivity contribution in [2.45, 2.75) is 38.3 Å². The average Bonchev–Trinajstić information content (AvgIpc) is 2.75. The number of rotatable bonds is 3. The molecule has 1 aliphatic rings. The van der Waals surface area contributed by atoms with Gasteiger partial charge in [-0.2, -0.15) is 0 Å². The summed E-state index contributed by atoms with van der Waals surface area (Å²) < 4.78 is 27.2. The van der Waals surface area contributed by atoms with E-state index in [4.69, 9.17) is 5.73 Å². The van der Waals surface area contributed by atoms with Crippen LogP contribution in [-0.2, 0) is 4.79 Å². The fraction of sp³-hybridized carbons (Fsp3) is 0.500. The number of amides is 1. The van der Waals surface area contributed by atoms with E-state index in [1.54, 1.807) is 6.92 Å². The van der Waals surface area contributed by atoms with Gasteiger partial charge in [-0.1, -0.05) is 12.5 Å². The Hall–Kier alpha value is -1.49. The van der Waals surface area contributed by atoms with E-state index in [1.807, 2.05) is 0 Å². The summed E-state index contributed by atoms with van der Waals surface area (Å²) in [5, 5.41) is 2.65. The highest BCUT2D eigenvalue weighted by Crippen LogP contribution is 2.26. The number of nitrogens with one attached hydrogen (secondary N) is 1. The van der Waals surface area contributed by atoms with Crippen LogP contribution in [0.15, 0.2) is 18.2 Å². The molecule has 0 bridgehead atoms. The SMILES string of the molecule is CC(NC(=O)C1CCCC1N)c1c(F)cccc1F. The Morgan fingerprint density at radius 1 is 1.37 bits per heavy atom. The highest BCUT2D eigenvalue weighted by molar-refractivity contribution is 5.80. The lowest BCUT2D eigenvalue weighted by Crippen LogP contribution is -2.39. The molecular weight excluding hydrogens is 250 g/mol. The zero-order valence-corrected chi connectivity index (χ0v) is 10.8. The van der Waals surface area contributed by atoms with Crippen LogP contribution in [0.5, 0.6) is 0 Å². The predicted molar refractivity (Wildman–Crippen MR) is 68.2 cm³/mol.